The van der Waals surface area contributed by atoms with Crippen LogP contribution in [0.25, 0.3) is 0 Å². The standard InChI is InChI=1S/C11H20N4O2/c1-4-14(5-2)6-7-15-8-9(12)10(13-15)11(16)17-3/h8H,4-7,12H2,1-3H3. The third-order valence-corrected chi connectivity index (χ3v) is 2.71. The number of likely N-dealkylation sites (N-methyl/N-ethyl adjacent to an activating group) is 1. The minimum absolute atomic E-state index is 0.187. The normalized spacial score (nSPS) is 10.8. The van der Waals surface area contributed by atoms with E-state index in [9.17, 15) is 4.79 Å². The minimum atomic E-state index is -0.496. The number of ether oxygens (including phenoxy) is 1. The molecule has 0 saturated heterocycles. The first kappa shape index (κ1) is 13.5. The zero-order chi connectivity index (χ0) is 12.8. The summed E-state index contributed by atoms with van der Waals surface area (Å²) < 4.78 is 6.27. The fourth-order valence-corrected chi connectivity index (χ4v) is 1.59. The van der Waals surface area contributed by atoms with Crippen molar-refractivity contribution in [1.29, 1.82) is 0 Å². The minimum Gasteiger partial charge on any atom is -0.464 e. The fourth-order valence-electron chi connectivity index (χ4n) is 1.59. The van der Waals surface area contributed by atoms with Gasteiger partial charge in [0.05, 0.1) is 19.3 Å². The maximum absolute atomic E-state index is 11.3. The number of esters is 1. The van der Waals surface area contributed by atoms with E-state index in [4.69, 9.17) is 5.73 Å². The maximum atomic E-state index is 11.3. The number of rotatable bonds is 6. The van der Waals surface area contributed by atoms with E-state index in [0.717, 1.165) is 19.6 Å². The van der Waals surface area contributed by atoms with Crippen molar-refractivity contribution in [2.24, 2.45) is 0 Å². The van der Waals surface area contributed by atoms with Crippen LogP contribution in [0.15, 0.2) is 6.20 Å². The van der Waals surface area contributed by atoms with Gasteiger partial charge in [-0.1, -0.05) is 13.8 Å². The van der Waals surface area contributed by atoms with Crippen molar-refractivity contribution < 1.29 is 9.53 Å². The Morgan fingerprint density at radius 1 is 1.53 bits per heavy atom. The van der Waals surface area contributed by atoms with E-state index in [1.807, 2.05) is 0 Å². The second kappa shape index (κ2) is 6.24. The lowest BCUT2D eigenvalue weighted by Crippen LogP contribution is -2.27. The summed E-state index contributed by atoms with van der Waals surface area (Å²) in [6, 6.07) is 0. The van der Waals surface area contributed by atoms with Gasteiger partial charge in [-0.05, 0) is 13.1 Å². The molecule has 96 valence electrons. The molecule has 0 fully saturated rings. The first-order valence-corrected chi connectivity index (χ1v) is 5.75. The molecular weight excluding hydrogens is 220 g/mol. The molecule has 0 aromatic carbocycles. The first-order valence-electron chi connectivity index (χ1n) is 5.75. The number of carbonyl (C=O) groups excluding carboxylic acids is 1. The summed E-state index contributed by atoms with van der Waals surface area (Å²) in [5.74, 6) is -0.496. The molecule has 0 aliphatic rings. The van der Waals surface area contributed by atoms with Crippen molar-refractivity contribution in [3.8, 4) is 0 Å². The molecule has 0 unspecified atom stereocenters. The highest BCUT2D eigenvalue weighted by molar-refractivity contribution is 5.92. The Balaban J connectivity index is 2.64. The molecule has 1 aromatic heterocycles. The molecule has 1 rings (SSSR count). The van der Waals surface area contributed by atoms with Crippen molar-refractivity contribution in [2.45, 2.75) is 20.4 Å². The van der Waals surface area contributed by atoms with Crippen LogP contribution in [0.4, 0.5) is 5.69 Å². The third kappa shape index (κ3) is 3.45. The van der Waals surface area contributed by atoms with Gasteiger partial charge < -0.3 is 15.4 Å². The molecule has 6 nitrogen and oxygen atoms in total. The number of methoxy groups -OCH3 is 1. The molecule has 0 radical (unpaired) electrons. The van der Waals surface area contributed by atoms with Crippen molar-refractivity contribution >= 4 is 11.7 Å². The summed E-state index contributed by atoms with van der Waals surface area (Å²) in [5, 5.41) is 4.11. The summed E-state index contributed by atoms with van der Waals surface area (Å²) in [6.45, 7) is 7.81. The second-order valence-electron chi connectivity index (χ2n) is 3.71. The highest BCUT2D eigenvalue weighted by Gasteiger charge is 2.15. The summed E-state index contributed by atoms with van der Waals surface area (Å²) in [4.78, 5) is 13.6. The molecule has 0 atom stereocenters. The van der Waals surface area contributed by atoms with Crippen LogP contribution in [0, 0.1) is 0 Å². The second-order valence-corrected chi connectivity index (χ2v) is 3.71. The van der Waals surface area contributed by atoms with Crippen LogP contribution in [0.3, 0.4) is 0 Å². The Labute approximate surface area is 101 Å². The number of hydrogen-bond donors (Lipinski definition) is 1. The molecule has 0 spiro atoms. The Morgan fingerprint density at radius 2 is 2.18 bits per heavy atom. The lowest BCUT2D eigenvalue weighted by molar-refractivity contribution is 0.0594. The van der Waals surface area contributed by atoms with E-state index in [1.54, 1.807) is 10.9 Å². The van der Waals surface area contributed by atoms with Crippen LogP contribution in [0.1, 0.15) is 24.3 Å². The van der Waals surface area contributed by atoms with Crippen LogP contribution in [0.5, 0.6) is 0 Å². The fraction of sp³-hybridized carbons (Fsp3) is 0.636. The summed E-state index contributed by atoms with van der Waals surface area (Å²) in [5.41, 5.74) is 6.24. The summed E-state index contributed by atoms with van der Waals surface area (Å²) in [6.07, 6.45) is 1.66. The predicted octanol–water partition coefficient (Wildman–Crippen LogP) is 0.594. The highest BCUT2D eigenvalue weighted by atomic mass is 16.5. The molecule has 6 heteroatoms. The smallest absolute Gasteiger partial charge is 0.360 e. The Morgan fingerprint density at radius 3 is 2.71 bits per heavy atom. The van der Waals surface area contributed by atoms with Gasteiger partial charge in [0, 0.05) is 12.7 Å². The van der Waals surface area contributed by atoms with Gasteiger partial charge in [-0.25, -0.2) is 4.79 Å². The monoisotopic (exact) mass is 240 g/mol. The number of nitrogens with zero attached hydrogens (tertiary/aromatic N) is 3. The molecule has 0 amide bonds. The molecule has 1 heterocycles. The summed E-state index contributed by atoms with van der Waals surface area (Å²) in [7, 11) is 1.32. The van der Waals surface area contributed by atoms with Crippen LogP contribution in [-0.2, 0) is 11.3 Å². The van der Waals surface area contributed by atoms with E-state index < -0.39 is 5.97 Å². The molecule has 0 saturated carbocycles. The molecule has 0 aliphatic heterocycles. The van der Waals surface area contributed by atoms with Gasteiger partial charge in [0.2, 0.25) is 0 Å². The van der Waals surface area contributed by atoms with E-state index >= 15 is 0 Å². The summed E-state index contributed by atoms with van der Waals surface area (Å²) >= 11 is 0. The molecule has 0 aliphatic carbocycles. The van der Waals surface area contributed by atoms with E-state index in [0.29, 0.717) is 12.2 Å². The van der Waals surface area contributed by atoms with Gasteiger partial charge >= 0.3 is 5.97 Å². The van der Waals surface area contributed by atoms with Crippen LogP contribution in [0.2, 0.25) is 0 Å². The number of anilines is 1. The van der Waals surface area contributed by atoms with Crippen molar-refractivity contribution in [1.82, 2.24) is 14.7 Å². The Bertz CT molecular complexity index is 372. The maximum Gasteiger partial charge on any atom is 0.360 e. The van der Waals surface area contributed by atoms with Crippen LogP contribution in [-0.4, -0.2) is 47.4 Å². The van der Waals surface area contributed by atoms with Crippen molar-refractivity contribution in [3.63, 3.8) is 0 Å². The Kier molecular flexibility index (Phi) is 4.96. The molecule has 1 aromatic rings. The first-order chi connectivity index (χ1) is 8.12. The quantitative estimate of drug-likeness (QED) is 0.737. The lowest BCUT2D eigenvalue weighted by atomic mass is 10.4. The van der Waals surface area contributed by atoms with Gasteiger partial charge in [-0.2, -0.15) is 5.10 Å². The van der Waals surface area contributed by atoms with Crippen molar-refractivity contribution in [3.05, 3.63) is 11.9 Å². The van der Waals surface area contributed by atoms with E-state index in [1.165, 1.54) is 7.11 Å². The highest BCUT2D eigenvalue weighted by Crippen LogP contribution is 2.10. The molecule has 17 heavy (non-hydrogen) atoms. The predicted molar refractivity (Wildman–Crippen MR) is 65.8 cm³/mol. The third-order valence-electron chi connectivity index (χ3n) is 2.71. The van der Waals surface area contributed by atoms with Crippen molar-refractivity contribution in [2.75, 3.05) is 32.5 Å². The SMILES string of the molecule is CCN(CC)CCn1cc(N)c(C(=O)OC)n1. The van der Waals surface area contributed by atoms with E-state index in [2.05, 4.69) is 28.6 Å². The zero-order valence-corrected chi connectivity index (χ0v) is 10.6. The zero-order valence-electron chi connectivity index (χ0n) is 10.6. The average Bonchev–Trinajstić information content (AvgIpc) is 2.71. The topological polar surface area (TPSA) is 73.4 Å². The lowest BCUT2D eigenvalue weighted by Gasteiger charge is -2.17. The molecule has 0 bridgehead atoms. The molecular formula is C11H20N4O2. The van der Waals surface area contributed by atoms with Gasteiger partial charge in [0.1, 0.15) is 0 Å². The number of carbonyl (C=O) groups is 1. The average molecular weight is 240 g/mol. The van der Waals surface area contributed by atoms with Gasteiger partial charge in [-0.15, -0.1) is 0 Å². The number of nitrogen functional groups attached to an aromatic ring is 1. The number of hydrogen-bond acceptors (Lipinski definition) is 5. The Hall–Kier alpha value is -1.56. The van der Waals surface area contributed by atoms with Crippen LogP contribution < -0.4 is 5.73 Å². The molecule has 2 N–H and O–H groups in total. The largest absolute Gasteiger partial charge is 0.464 e. The van der Waals surface area contributed by atoms with E-state index in [-0.39, 0.29) is 5.69 Å². The van der Waals surface area contributed by atoms with Gasteiger partial charge in [0.15, 0.2) is 5.69 Å². The van der Waals surface area contributed by atoms with Gasteiger partial charge in [0.25, 0.3) is 0 Å². The number of aromatic nitrogens is 2. The van der Waals surface area contributed by atoms with Crippen LogP contribution >= 0.6 is 0 Å². The number of nitrogens with two attached hydrogens (primary N) is 1. The van der Waals surface area contributed by atoms with Gasteiger partial charge in [-0.3, -0.25) is 4.68 Å².